The van der Waals surface area contributed by atoms with Crippen molar-refractivity contribution in [3.8, 4) is 10.6 Å². The molecule has 0 atom stereocenters. The van der Waals surface area contributed by atoms with Crippen molar-refractivity contribution in [1.29, 1.82) is 0 Å². The van der Waals surface area contributed by atoms with Gasteiger partial charge in [-0.05, 0) is 31.4 Å². The van der Waals surface area contributed by atoms with E-state index in [4.69, 9.17) is 0 Å². The fourth-order valence-corrected chi connectivity index (χ4v) is 3.84. The Balaban J connectivity index is 1.53. The number of nitrogens with one attached hydrogen (secondary N) is 2. The Morgan fingerprint density at radius 1 is 1.20 bits per heavy atom. The van der Waals surface area contributed by atoms with E-state index in [1.807, 2.05) is 18.2 Å². The predicted octanol–water partition coefficient (Wildman–Crippen LogP) is 3.78. The van der Waals surface area contributed by atoms with Gasteiger partial charge in [-0.25, -0.2) is 4.98 Å². The summed E-state index contributed by atoms with van der Waals surface area (Å²) in [6, 6.07) is 7.98. The third-order valence-corrected chi connectivity index (χ3v) is 5.22. The number of nitrogens with zero attached hydrogens (tertiary/aromatic N) is 3. The number of thiazole rings is 1. The number of benzene rings is 1. The number of hydrogen-bond donors (Lipinski definition) is 2. The lowest BCUT2D eigenvalue weighted by Gasteiger charge is -2.30. The van der Waals surface area contributed by atoms with Crippen LogP contribution in [0.1, 0.15) is 29.8 Å². The average molecular weight is 353 g/mol. The van der Waals surface area contributed by atoms with Gasteiger partial charge in [-0.15, -0.1) is 11.3 Å². The second-order valence-corrected chi connectivity index (χ2v) is 6.90. The van der Waals surface area contributed by atoms with Crippen LogP contribution >= 0.6 is 11.3 Å². The first kappa shape index (κ1) is 15.8. The molecular weight excluding hydrogens is 334 g/mol. The van der Waals surface area contributed by atoms with Crippen LogP contribution in [0, 0.1) is 0 Å². The van der Waals surface area contributed by atoms with E-state index in [-0.39, 0.29) is 5.91 Å². The predicted molar refractivity (Wildman–Crippen MR) is 100 cm³/mol. The molecule has 2 aromatic heterocycles. The van der Waals surface area contributed by atoms with Gasteiger partial charge in [-0.2, -0.15) is 5.10 Å². The van der Waals surface area contributed by atoms with E-state index in [1.165, 1.54) is 30.6 Å². The number of carbonyl (C=O) groups excluding carboxylic acids is 1. The minimum atomic E-state index is -0.185. The molecule has 4 rings (SSSR count). The molecule has 0 radical (unpaired) electrons. The molecular formula is C18H19N5OS. The molecule has 3 heterocycles. The highest BCUT2D eigenvalue weighted by molar-refractivity contribution is 7.13. The van der Waals surface area contributed by atoms with Gasteiger partial charge in [-0.1, -0.05) is 12.1 Å². The Morgan fingerprint density at radius 3 is 2.84 bits per heavy atom. The topological polar surface area (TPSA) is 73.9 Å². The number of H-pyrrole nitrogens is 1. The van der Waals surface area contributed by atoms with E-state index in [1.54, 1.807) is 17.8 Å². The molecule has 2 N–H and O–H groups in total. The average Bonchev–Trinajstić information content (AvgIpc) is 3.34. The lowest BCUT2D eigenvalue weighted by Crippen LogP contribution is -2.30. The summed E-state index contributed by atoms with van der Waals surface area (Å²) in [5.74, 6) is -0.185. The first-order valence-corrected chi connectivity index (χ1v) is 9.29. The van der Waals surface area contributed by atoms with Gasteiger partial charge < -0.3 is 10.2 Å². The summed E-state index contributed by atoms with van der Waals surface area (Å²) in [5.41, 5.74) is 3.24. The second kappa shape index (κ2) is 7.06. The molecule has 1 aliphatic rings. The van der Waals surface area contributed by atoms with E-state index in [0.717, 1.165) is 35.0 Å². The zero-order valence-electron chi connectivity index (χ0n) is 13.7. The van der Waals surface area contributed by atoms with Gasteiger partial charge in [0.2, 0.25) is 0 Å². The minimum absolute atomic E-state index is 0.185. The van der Waals surface area contributed by atoms with Crippen LogP contribution in [-0.4, -0.2) is 34.2 Å². The Morgan fingerprint density at radius 2 is 2.04 bits per heavy atom. The zero-order valence-corrected chi connectivity index (χ0v) is 14.6. The van der Waals surface area contributed by atoms with Crippen molar-refractivity contribution < 1.29 is 4.79 Å². The van der Waals surface area contributed by atoms with Gasteiger partial charge in [0.25, 0.3) is 5.91 Å². The Labute approximate surface area is 149 Å². The lowest BCUT2D eigenvalue weighted by molar-refractivity contribution is 0.102. The largest absolute Gasteiger partial charge is 0.370 e. The third kappa shape index (κ3) is 3.41. The van der Waals surface area contributed by atoms with E-state index >= 15 is 0 Å². The van der Waals surface area contributed by atoms with Crippen LogP contribution in [0.25, 0.3) is 10.6 Å². The summed E-state index contributed by atoms with van der Waals surface area (Å²) in [7, 11) is 0. The van der Waals surface area contributed by atoms with E-state index in [9.17, 15) is 4.79 Å². The van der Waals surface area contributed by atoms with Crippen LogP contribution in [0.15, 0.2) is 42.0 Å². The summed E-state index contributed by atoms with van der Waals surface area (Å²) in [6.07, 6.45) is 7.14. The van der Waals surface area contributed by atoms with Crippen molar-refractivity contribution in [3.05, 3.63) is 47.7 Å². The highest BCUT2D eigenvalue weighted by Crippen LogP contribution is 2.29. The van der Waals surface area contributed by atoms with Gasteiger partial charge in [0.05, 0.1) is 17.6 Å². The summed E-state index contributed by atoms with van der Waals surface area (Å²) >= 11 is 1.44. The molecule has 1 aliphatic heterocycles. The van der Waals surface area contributed by atoms with E-state index < -0.39 is 0 Å². The van der Waals surface area contributed by atoms with Crippen LogP contribution in [0.5, 0.6) is 0 Å². The van der Waals surface area contributed by atoms with Gasteiger partial charge in [0.1, 0.15) is 10.7 Å². The summed E-state index contributed by atoms with van der Waals surface area (Å²) < 4.78 is 0. The Bertz CT molecular complexity index is 852. The molecule has 0 unspecified atom stereocenters. The second-order valence-electron chi connectivity index (χ2n) is 6.04. The van der Waals surface area contributed by atoms with E-state index in [2.05, 4.69) is 31.5 Å². The van der Waals surface area contributed by atoms with Crippen LogP contribution < -0.4 is 10.2 Å². The third-order valence-electron chi connectivity index (χ3n) is 4.33. The zero-order chi connectivity index (χ0) is 17.1. The maximum atomic E-state index is 12.6. The molecule has 0 spiro atoms. The number of amides is 1. The van der Waals surface area contributed by atoms with Gasteiger partial charge in [0, 0.05) is 30.2 Å². The standard InChI is InChI=1S/C18H19N5OS/c24-17(15-12-25-18(22-15)13-10-19-20-11-13)21-14-6-2-3-7-16(14)23-8-4-1-5-9-23/h2-3,6-7,10-12H,1,4-5,8-9H2,(H,19,20)(H,21,24). The molecule has 1 aromatic carbocycles. The Hall–Kier alpha value is -2.67. The molecule has 25 heavy (non-hydrogen) atoms. The minimum Gasteiger partial charge on any atom is -0.370 e. The van der Waals surface area contributed by atoms with Gasteiger partial charge in [-0.3, -0.25) is 9.89 Å². The molecule has 7 heteroatoms. The molecule has 0 saturated carbocycles. The molecule has 1 fully saturated rings. The van der Waals surface area contributed by atoms with E-state index in [0.29, 0.717) is 5.69 Å². The fraction of sp³-hybridized carbons (Fsp3) is 0.278. The number of piperidine rings is 1. The van der Waals surface area contributed by atoms with Crippen LogP contribution in [0.4, 0.5) is 11.4 Å². The molecule has 128 valence electrons. The first-order chi connectivity index (χ1) is 12.3. The van der Waals surface area contributed by atoms with Crippen molar-refractivity contribution in [3.63, 3.8) is 0 Å². The maximum Gasteiger partial charge on any atom is 0.275 e. The number of hydrogen-bond acceptors (Lipinski definition) is 5. The first-order valence-electron chi connectivity index (χ1n) is 8.41. The maximum absolute atomic E-state index is 12.6. The molecule has 1 saturated heterocycles. The van der Waals surface area contributed by atoms with Crippen molar-refractivity contribution in [2.24, 2.45) is 0 Å². The van der Waals surface area contributed by atoms with Crippen LogP contribution in [0.3, 0.4) is 0 Å². The van der Waals surface area contributed by atoms with Crippen molar-refractivity contribution in [2.75, 3.05) is 23.3 Å². The van der Waals surface area contributed by atoms with Crippen LogP contribution in [-0.2, 0) is 0 Å². The van der Waals surface area contributed by atoms with Crippen molar-refractivity contribution in [1.82, 2.24) is 15.2 Å². The van der Waals surface area contributed by atoms with Gasteiger partial charge in [0.15, 0.2) is 0 Å². The SMILES string of the molecule is O=C(Nc1ccccc1N1CCCCC1)c1csc(-c2cn[nH]c2)n1. The number of rotatable bonds is 4. The summed E-state index contributed by atoms with van der Waals surface area (Å²) in [4.78, 5) is 19.4. The van der Waals surface area contributed by atoms with Crippen molar-refractivity contribution in [2.45, 2.75) is 19.3 Å². The smallest absolute Gasteiger partial charge is 0.275 e. The number of aromatic amines is 1. The monoisotopic (exact) mass is 353 g/mol. The number of aromatic nitrogens is 3. The quantitative estimate of drug-likeness (QED) is 0.749. The molecule has 0 aliphatic carbocycles. The fourth-order valence-electron chi connectivity index (χ4n) is 3.05. The molecule has 6 nitrogen and oxygen atoms in total. The summed E-state index contributed by atoms with van der Waals surface area (Å²) in [5, 5.41) is 12.3. The highest BCUT2D eigenvalue weighted by atomic mass is 32.1. The number of para-hydroxylation sites is 2. The number of anilines is 2. The number of carbonyl (C=O) groups is 1. The lowest BCUT2D eigenvalue weighted by atomic mass is 10.1. The van der Waals surface area contributed by atoms with Crippen LogP contribution in [0.2, 0.25) is 0 Å². The van der Waals surface area contributed by atoms with Crippen molar-refractivity contribution >= 4 is 28.6 Å². The molecule has 3 aromatic rings. The summed E-state index contributed by atoms with van der Waals surface area (Å²) in [6.45, 7) is 2.07. The van der Waals surface area contributed by atoms with Gasteiger partial charge >= 0.3 is 0 Å². The molecule has 0 bridgehead atoms. The molecule has 1 amide bonds. The Kier molecular flexibility index (Phi) is 4.47. The highest BCUT2D eigenvalue weighted by Gasteiger charge is 2.17. The normalized spacial score (nSPS) is 14.5.